The van der Waals surface area contributed by atoms with Gasteiger partial charge >= 0.3 is 0 Å². The number of para-hydroxylation sites is 3. The summed E-state index contributed by atoms with van der Waals surface area (Å²) < 4.78 is 11.5. The number of nitrogens with two attached hydrogens (primary N) is 1. The lowest BCUT2D eigenvalue weighted by Crippen LogP contribution is -2.14. The smallest absolute Gasteiger partial charge is 0.173 e. The Morgan fingerprint density at radius 1 is 1.14 bits per heavy atom. The average molecular weight is 286 g/mol. The van der Waals surface area contributed by atoms with Crippen molar-refractivity contribution in [2.45, 2.75) is 13.8 Å². The summed E-state index contributed by atoms with van der Waals surface area (Å²) in [7, 11) is 0. The molecule has 0 aliphatic carbocycles. The van der Waals surface area contributed by atoms with E-state index >= 15 is 0 Å². The molecule has 5 heteroatoms. The lowest BCUT2D eigenvalue weighted by Gasteiger charge is -2.15. The molecule has 0 atom stereocenters. The van der Waals surface area contributed by atoms with Gasteiger partial charge in [0.25, 0.3) is 0 Å². The third-order valence-electron chi connectivity index (χ3n) is 2.96. The molecule has 0 aliphatic heterocycles. The van der Waals surface area contributed by atoms with Crippen LogP contribution in [0.4, 0.5) is 0 Å². The van der Waals surface area contributed by atoms with E-state index in [1.165, 1.54) is 0 Å². The summed E-state index contributed by atoms with van der Waals surface area (Å²) in [5, 5.41) is 11.9. The van der Waals surface area contributed by atoms with E-state index < -0.39 is 0 Å². The number of nitrogens with zero attached hydrogens (tertiary/aromatic N) is 1. The number of oxime groups is 1. The topological polar surface area (TPSA) is 77.1 Å². The summed E-state index contributed by atoms with van der Waals surface area (Å²) in [6.45, 7) is 4.35. The zero-order valence-corrected chi connectivity index (χ0v) is 12.0. The van der Waals surface area contributed by atoms with Crippen molar-refractivity contribution in [1.29, 1.82) is 0 Å². The van der Waals surface area contributed by atoms with Gasteiger partial charge in [-0.25, -0.2) is 0 Å². The van der Waals surface area contributed by atoms with Crippen LogP contribution in [0.5, 0.6) is 17.2 Å². The number of aryl methyl sites for hydroxylation is 1. The fourth-order valence-electron chi connectivity index (χ4n) is 1.96. The van der Waals surface area contributed by atoms with E-state index in [-0.39, 0.29) is 5.84 Å². The van der Waals surface area contributed by atoms with Gasteiger partial charge in [-0.05, 0) is 37.6 Å². The standard InChI is InChI=1S/C16H18N2O3/c1-3-20-13-9-4-5-10-14(13)21-15-11(2)7-6-8-12(15)16(17)18-19/h4-10,19H,3H2,1-2H3,(H2,17,18). The van der Waals surface area contributed by atoms with Crippen molar-refractivity contribution < 1.29 is 14.7 Å². The molecule has 0 saturated heterocycles. The lowest BCUT2D eigenvalue weighted by molar-refractivity contribution is 0.317. The molecule has 0 radical (unpaired) electrons. The van der Waals surface area contributed by atoms with Gasteiger partial charge in [0.2, 0.25) is 0 Å². The molecule has 2 rings (SSSR count). The number of benzene rings is 2. The maximum absolute atomic E-state index is 8.89. The summed E-state index contributed by atoms with van der Waals surface area (Å²) >= 11 is 0. The van der Waals surface area contributed by atoms with Crippen LogP contribution in [0.1, 0.15) is 18.1 Å². The van der Waals surface area contributed by atoms with Crippen LogP contribution in [0.25, 0.3) is 0 Å². The van der Waals surface area contributed by atoms with Crippen LogP contribution >= 0.6 is 0 Å². The third kappa shape index (κ3) is 3.25. The van der Waals surface area contributed by atoms with Crippen molar-refractivity contribution in [2.75, 3.05) is 6.61 Å². The van der Waals surface area contributed by atoms with E-state index in [2.05, 4.69) is 5.16 Å². The molecule has 0 saturated carbocycles. The van der Waals surface area contributed by atoms with Crippen LogP contribution in [0.3, 0.4) is 0 Å². The van der Waals surface area contributed by atoms with Crippen molar-refractivity contribution in [2.24, 2.45) is 10.9 Å². The maximum atomic E-state index is 8.89. The van der Waals surface area contributed by atoms with Crippen LogP contribution in [0.2, 0.25) is 0 Å². The highest BCUT2D eigenvalue weighted by atomic mass is 16.5. The van der Waals surface area contributed by atoms with Crippen LogP contribution < -0.4 is 15.2 Å². The number of hydrogen-bond donors (Lipinski definition) is 2. The number of amidine groups is 1. The van der Waals surface area contributed by atoms with Gasteiger partial charge in [0.1, 0.15) is 5.75 Å². The molecule has 3 N–H and O–H groups in total. The van der Waals surface area contributed by atoms with Crippen molar-refractivity contribution in [3.63, 3.8) is 0 Å². The molecule has 0 aromatic heterocycles. The van der Waals surface area contributed by atoms with Crippen LogP contribution in [0.15, 0.2) is 47.6 Å². The van der Waals surface area contributed by atoms with Gasteiger partial charge in [0.05, 0.1) is 12.2 Å². The SMILES string of the molecule is CCOc1ccccc1Oc1c(C)cccc1/C(N)=N/O. The number of ether oxygens (including phenoxy) is 2. The Balaban J connectivity index is 2.45. The Hall–Kier alpha value is -2.69. The number of hydrogen-bond acceptors (Lipinski definition) is 4. The van der Waals surface area contributed by atoms with Crippen LogP contribution in [-0.4, -0.2) is 17.6 Å². The predicted molar refractivity (Wildman–Crippen MR) is 81.4 cm³/mol. The molecule has 0 aliphatic rings. The Morgan fingerprint density at radius 2 is 1.86 bits per heavy atom. The maximum Gasteiger partial charge on any atom is 0.173 e. The monoisotopic (exact) mass is 286 g/mol. The summed E-state index contributed by atoms with van der Waals surface area (Å²) in [6, 6.07) is 12.8. The van der Waals surface area contributed by atoms with E-state index in [0.717, 1.165) is 5.56 Å². The fourth-order valence-corrected chi connectivity index (χ4v) is 1.96. The van der Waals surface area contributed by atoms with Gasteiger partial charge < -0.3 is 20.4 Å². The zero-order chi connectivity index (χ0) is 15.2. The second kappa shape index (κ2) is 6.65. The highest BCUT2D eigenvalue weighted by molar-refractivity contribution is 6.00. The molecule has 0 fully saturated rings. The Bertz CT molecular complexity index is 654. The second-order valence-electron chi connectivity index (χ2n) is 4.42. The molecule has 0 unspecified atom stereocenters. The van der Waals surface area contributed by atoms with E-state index in [4.69, 9.17) is 20.4 Å². The Kier molecular flexibility index (Phi) is 4.66. The normalized spacial score (nSPS) is 11.2. The highest BCUT2D eigenvalue weighted by Crippen LogP contribution is 2.34. The summed E-state index contributed by atoms with van der Waals surface area (Å²) in [5.74, 6) is 1.77. The molecule has 0 amide bonds. The number of rotatable bonds is 5. The molecule has 5 nitrogen and oxygen atoms in total. The van der Waals surface area contributed by atoms with Crippen molar-refractivity contribution in [3.8, 4) is 17.2 Å². The molecule has 2 aromatic rings. The van der Waals surface area contributed by atoms with Crippen molar-refractivity contribution >= 4 is 5.84 Å². The van der Waals surface area contributed by atoms with E-state index in [9.17, 15) is 0 Å². The molecule has 0 bridgehead atoms. The zero-order valence-electron chi connectivity index (χ0n) is 12.0. The lowest BCUT2D eigenvalue weighted by atomic mass is 10.1. The van der Waals surface area contributed by atoms with Gasteiger partial charge in [0, 0.05) is 0 Å². The molecule has 110 valence electrons. The summed E-state index contributed by atoms with van der Waals surface area (Å²) in [6.07, 6.45) is 0. The molecule has 21 heavy (non-hydrogen) atoms. The first-order valence-electron chi connectivity index (χ1n) is 6.64. The van der Waals surface area contributed by atoms with E-state index in [0.29, 0.717) is 29.4 Å². The molecule has 0 spiro atoms. The molecule has 2 aromatic carbocycles. The quantitative estimate of drug-likeness (QED) is 0.383. The summed E-state index contributed by atoms with van der Waals surface area (Å²) in [4.78, 5) is 0. The minimum absolute atomic E-state index is 0.00240. The largest absolute Gasteiger partial charge is 0.490 e. The van der Waals surface area contributed by atoms with Crippen LogP contribution in [0, 0.1) is 6.92 Å². The fraction of sp³-hybridized carbons (Fsp3) is 0.188. The van der Waals surface area contributed by atoms with E-state index in [1.54, 1.807) is 6.07 Å². The minimum Gasteiger partial charge on any atom is -0.490 e. The average Bonchev–Trinajstić information content (AvgIpc) is 2.50. The Morgan fingerprint density at radius 3 is 2.52 bits per heavy atom. The van der Waals surface area contributed by atoms with Gasteiger partial charge in [0.15, 0.2) is 17.3 Å². The first kappa shape index (κ1) is 14.7. The van der Waals surface area contributed by atoms with Gasteiger partial charge in [-0.3, -0.25) is 0 Å². The third-order valence-corrected chi connectivity index (χ3v) is 2.96. The molecular weight excluding hydrogens is 268 g/mol. The molecular formula is C16H18N2O3. The highest BCUT2D eigenvalue weighted by Gasteiger charge is 2.14. The second-order valence-corrected chi connectivity index (χ2v) is 4.42. The minimum atomic E-state index is 0.00240. The summed E-state index contributed by atoms with van der Waals surface area (Å²) in [5.41, 5.74) is 7.11. The van der Waals surface area contributed by atoms with Gasteiger partial charge in [-0.1, -0.05) is 29.4 Å². The molecule has 0 heterocycles. The van der Waals surface area contributed by atoms with Gasteiger partial charge in [-0.15, -0.1) is 0 Å². The van der Waals surface area contributed by atoms with Crippen molar-refractivity contribution in [3.05, 3.63) is 53.6 Å². The van der Waals surface area contributed by atoms with E-state index in [1.807, 2.05) is 50.2 Å². The van der Waals surface area contributed by atoms with Gasteiger partial charge in [-0.2, -0.15) is 0 Å². The van der Waals surface area contributed by atoms with Crippen LogP contribution in [-0.2, 0) is 0 Å². The predicted octanol–water partition coefficient (Wildman–Crippen LogP) is 3.28. The first-order chi connectivity index (χ1) is 10.2. The Labute approximate surface area is 123 Å². The van der Waals surface area contributed by atoms with Crippen molar-refractivity contribution in [1.82, 2.24) is 0 Å². The first-order valence-corrected chi connectivity index (χ1v) is 6.64.